The minimum Gasteiger partial charge on any atom is -0.497 e. The molecular weight excluding hydrogens is 466 g/mol. The number of rotatable bonds is 10. The molecule has 0 spiro atoms. The number of carbonyl (C=O) groups is 2. The molecule has 3 rings (SSSR count). The Hall–Kier alpha value is -3.43. The summed E-state index contributed by atoms with van der Waals surface area (Å²) in [7, 11) is -0.999. The molecule has 0 fully saturated rings. The number of amides is 2. The maximum Gasteiger partial charge on any atom is 0.243 e. The van der Waals surface area contributed by atoms with Crippen molar-refractivity contribution in [2.75, 3.05) is 27.2 Å². The minimum atomic E-state index is -3.93. The normalized spacial score (nSPS) is 12.4. The van der Waals surface area contributed by atoms with E-state index in [0.29, 0.717) is 12.3 Å². The summed E-state index contributed by atoms with van der Waals surface area (Å²) in [5, 5.41) is 4.44. The largest absolute Gasteiger partial charge is 0.497 e. The molecule has 1 unspecified atom stereocenters. The van der Waals surface area contributed by atoms with Crippen LogP contribution in [0.4, 0.5) is 0 Å². The summed E-state index contributed by atoms with van der Waals surface area (Å²) in [4.78, 5) is 27.4. The number of benzene rings is 3. The van der Waals surface area contributed by atoms with Gasteiger partial charge in [0.1, 0.15) is 11.8 Å². The lowest BCUT2D eigenvalue weighted by Gasteiger charge is -2.30. The van der Waals surface area contributed by atoms with E-state index in [0.717, 1.165) is 20.6 Å². The fourth-order valence-electron chi connectivity index (χ4n) is 3.71. The molecule has 3 aromatic carbocycles. The van der Waals surface area contributed by atoms with Crippen molar-refractivity contribution in [3.8, 4) is 5.75 Å². The third-order valence-corrected chi connectivity index (χ3v) is 7.62. The zero-order chi connectivity index (χ0) is 25.6. The average Bonchev–Trinajstić information content (AvgIpc) is 2.86. The third kappa shape index (κ3) is 6.17. The molecule has 0 saturated heterocycles. The van der Waals surface area contributed by atoms with Gasteiger partial charge in [-0.2, -0.15) is 4.31 Å². The topological polar surface area (TPSA) is 96.0 Å². The van der Waals surface area contributed by atoms with Gasteiger partial charge in [-0.25, -0.2) is 8.42 Å². The van der Waals surface area contributed by atoms with Crippen LogP contribution in [0.2, 0.25) is 0 Å². The molecule has 9 heteroatoms. The van der Waals surface area contributed by atoms with Crippen LogP contribution in [0.25, 0.3) is 10.8 Å². The first-order chi connectivity index (χ1) is 16.7. The standard InChI is InChI=1S/C26H31N3O5S/c1-5-27-26(31)19(2)29(17-20-10-13-23(34-4)14-11-20)25(30)18-28(3)35(32,33)24-15-12-21-8-6-7-9-22(21)16-24/h6-16,19H,5,17-18H2,1-4H3,(H,27,31). The van der Waals surface area contributed by atoms with Gasteiger partial charge in [0.25, 0.3) is 0 Å². The Balaban J connectivity index is 1.83. The predicted octanol–water partition coefficient (Wildman–Crippen LogP) is 3.02. The van der Waals surface area contributed by atoms with Gasteiger partial charge in [-0.1, -0.05) is 42.5 Å². The van der Waals surface area contributed by atoms with Gasteiger partial charge < -0.3 is 15.0 Å². The highest BCUT2D eigenvalue weighted by Gasteiger charge is 2.30. The van der Waals surface area contributed by atoms with Gasteiger partial charge in [-0.05, 0) is 54.4 Å². The molecule has 1 atom stereocenters. The summed E-state index contributed by atoms with van der Waals surface area (Å²) in [5.41, 5.74) is 0.787. The highest BCUT2D eigenvalue weighted by Crippen LogP contribution is 2.22. The van der Waals surface area contributed by atoms with Gasteiger partial charge in [-0.15, -0.1) is 0 Å². The Kier molecular flexibility index (Phi) is 8.48. The van der Waals surface area contributed by atoms with Gasteiger partial charge in [-0.3, -0.25) is 9.59 Å². The molecule has 0 bridgehead atoms. The molecule has 1 N–H and O–H groups in total. The predicted molar refractivity (Wildman–Crippen MR) is 135 cm³/mol. The fraction of sp³-hybridized carbons (Fsp3) is 0.308. The van der Waals surface area contributed by atoms with Crippen molar-refractivity contribution < 1.29 is 22.7 Å². The first kappa shape index (κ1) is 26.2. The molecule has 0 aliphatic rings. The zero-order valence-electron chi connectivity index (χ0n) is 20.4. The molecular formula is C26H31N3O5S. The second-order valence-corrected chi connectivity index (χ2v) is 10.3. The van der Waals surface area contributed by atoms with Crippen LogP contribution in [0, 0.1) is 0 Å². The number of hydrogen-bond donors (Lipinski definition) is 1. The molecule has 0 aliphatic carbocycles. The molecule has 35 heavy (non-hydrogen) atoms. The van der Waals surface area contributed by atoms with Gasteiger partial charge in [0.2, 0.25) is 21.8 Å². The van der Waals surface area contributed by atoms with Crippen molar-refractivity contribution in [3.05, 3.63) is 72.3 Å². The van der Waals surface area contributed by atoms with E-state index in [1.165, 1.54) is 18.0 Å². The van der Waals surface area contributed by atoms with Crippen molar-refractivity contribution >= 4 is 32.6 Å². The lowest BCUT2D eigenvalue weighted by molar-refractivity contribution is -0.140. The van der Waals surface area contributed by atoms with Crippen LogP contribution >= 0.6 is 0 Å². The molecule has 0 saturated carbocycles. The van der Waals surface area contributed by atoms with Gasteiger partial charge >= 0.3 is 0 Å². The van der Waals surface area contributed by atoms with Crippen LogP contribution in [-0.2, 0) is 26.2 Å². The first-order valence-corrected chi connectivity index (χ1v) is 12.8. The van der Waals surface area contributed by atoms with Crippen molar-refractivity contribution in [1.29, 1.82) is 0 Å². The minimum absolute atomic E-state index is 0.102. The Morgan fingerprint density at radius 1 is 1.00 bits per heavy atom. The second kappa shape index (κ2) is 11.3. The lowest BCUT2D eigenvalue weighted by Crippen LogP contribution is -2.50. The number of hydrogen-bond acceptors (Lipinski definition) is 5. The molecule has 2 amide bonds. The molecule has 0 heterocycles. The summed E-state index contributed by atoms with van der Waals surface area (Å²) in [6, 6.07) is 18.7. The van der Waals surface area contributed by atoms with E-state index in [1.807, 2.05) is 24.3 Å². The molecule has 8 nitrogen and oxygen atoms in total. The summed E-state index contributed by atoms with van der Waals surface area (Å²) in [5.74, 6) is -0.120. The monoisotopic (exact) mass is 497 g/mol. The molecule has 186 valence electrons. The van der Waals surface area contributed by atoms with Crippen molar-refractivity contribution in [3.63, 3.8) is 0 Å². The number of likely N-dealkylation sites (N-methyl/N-ethyl adjacent to an activating group) is 2. The van der Waals surface area contributed by atoms with E-state index in [-0.39, 0.29) is 17.3 Å². The first-order valence-electron chi connectivity index (χ1n) is 11.3. The SMILES string of the molecule is CCNC(=O)C(C)N(Cc1ccc(OC)cc1)C(=O)CN(C)S(=O)(=O)c1ccc2ccccc2c1. The molecule has 3 aromatic rings. The zero-order valence-corrected chi connectivity index (χ0v) is 21.2. The van der Waals surface area contributed by atoms with Crippen molar-refractivity contribution in [2.24, 2.45) is 0 Å². The maximum absolute atomic E-state index is 13.3. The van der Waals surface area contributed by atoms with Crippen LogP contribution in [0.5, 0.6) is 5.75 Å². The average molecular weight is 498 g/mol. The van der Waals surface area contributed by atoms with Gasteiger partial charge in [0.15, 0.2) is 0 Å². The van der Waals surface area contributed by atoms with Crippen LogP contribution < -0.4 is 10.1 Å². The van der Waals surface area contributed by atoms with E-state index in [2.05, 4.69) is 5.32 Å². The van der Waals surface area contributed by atoms with E-state index in [9.17, 15) is 18.0 Å². The summed E-state index contributed by atoms with van der Waals surface area (Å²) in [6.45, 7) is 3.58. The Bertz CT molecular complexity index is 1290. The highest BCUT2D eigenvalue weighted by molar-refractivity contribution is 7.89. The summed E-state index contributed by atoms with van der Waals surface area (Å²) in [6.07, 6.45) is 0. The number of nitrogens with one attached hydrogen (secondary N) is 1. The van der Waals surface area contributed by atoms with Gasteiger partial charge in [0, 0.05) is 20.1 Å². The van der Waals surface area contributed by atoms with Crippen LogP contribution in [0.3, 0.4) is 0 Å². The van der Waals surface area contributed by atoms with E-state index < -0.39 is 28.5 Å². The summed E-state index contributed by atoms with van der Waals surface area (Å²) < 4.78 is 32.7. The number of fused-ring (bicyclic) bond motifs is 1. The Morgan fingerprint density at radius 3 is 2.29 bits per heavy atom. The quantitative estimate of drug-likeness (QED) is 0.465. The van der Waals surface area contributed by atoms with Crippen LogP contribution in [-0.4, -0.2) is 62.7 Å². The van der Waals surface area contributed by atoms with Crippen LogP contribution in [0.1, 0.15) is 19.4 Å². The molecule has 0 aliphatic heterocycles. The smallest absolute Gasteiger partial charge is 0.243 e. The number of sulfonamides is 1. The fourth-order valence-corrected chi connectivity index (χ4v) is 4.86. The van der Waals surface area contributed by atoms with Crippen LogP contribution in [0.15, 0.2) is 71.6 Å². The van der Waals surface area contributed by atoms with Gasteiger partial charge in [0.05, 0.1) is 18.6 Å². The van der Waals surface area contributed by atoms with E-state index >= 15 is 0 Å². The van der Waals surface area contributed by atoms with E-state index in [1.54, 1.807) is 57.4 Å². The lowest BCUT2D eigenvalue weighted by atomic mass is 10.1. The number of carbonyl (C=O) groups excluding carboxylic acids is 2. The highest BCUT2D eigenvalue weighted by atomic mass is 32.2. The number of nitrogens with zero attached hydrogens (tertiary/aromatic N) is 2. The second-order valence-electron chi connectivity index (χ2n) is 8.21. The number of methoxy groups -OCH3 is 1. The summed E-state index contributed by atoms with van der Waals surface area (Å²) >= 11 is 0. The van der Waals surface area contributed by atoms with E-state index in [4.69, 9.17) is 4.74 Å². The van der Waals surface area contributed by atoms with Crippen molar-refractivity contribution in [1.82, 2.24) is 14.5 Å². The Morgan fingerprint density at radius 2 is 1.66 bits per heavy atom. The molecule has 0 radical (unpaired) electrons. The van der Waals surface area contributed by atoms with Crippen molar-refractivity contribution in [2.45, 2.75) is 31.3 Å². The molecule has 0 aromatic heterocycles. The maximum atomic E-state index is 13.3. The number of ether oxygens (including phenoxy) is 1. The Labute approximate surface area is 206 Å². The third-order valence-electron chi connectivity index (χ3n) is 5.82.